The van der Waals surface area contributed by atoms with Crippen molar-refractivity contribution in [2.75, 3.05) is 13.2 Å². The minimum atomic E-state index is -0.598. The third-order valence-electron chi connectivity index (χ3n) is 3.72. The molecule has 2 aromatic carbocycles. The van der Waals surface area contributed by atoms with Crippen LogP contribution in [-0.2, 0) is 6.54 Å². The number of halogens is 3. The Hall–Kier alpha value is -1.82. The average Bonchev–Trinajstić information content (AvgIpc) is 2.58. The van der Waals surface area contributed by atoms with Gasteiger partial charge in [-0.3, -0.25) is 0 Å². The van der Waals surface area contributed by atoms with Gasteiger partial charge in [-0.2, -0.15) is 0 Å². The summed E-state index contributed by atoms with van der Waals surface area (Å²) in [7, 11) is 0. The first-order chi connectivity index (χ1) is 11.9. The molecule has 2 rings (SSSR count). The van der Waals surface area contributed by atoms with Crippen molar-refractivity contribution in [3.8, 4) is 0 Å². The third-order valence-corrected chi connectivity index (χ3v) is 4.34. The van der Waals surface area contributed by atoms with E-state index < -0.39 is 11.9 Å². The molecule has 0 aliphatic heterocycles. The maximum atomic E-state index is 13.7. The Balaban J connectivity index is 2.10. The predicted octanol–water partition coefficient (Wildman–Crippen LogP) is 4.40. The predicted molar refractivity (Wildman–Crippen MR) is 97.3 cm³/mol. The van der Waals surface area contributed by atoms with Gasteiger partial charge < -0.3 is 15.3 Å². The van der Waals surface area contributed by atoms with E-state index in [4.69, 9.17) is 23.2 Å². The molecule has 0 heterocycles. The molecule has 25 heavy (non-hydrogen) atoms. The second-order valence-electron chi connectivity index (χ2n) is 5.59. The number of nitrogens with zero attached hydrogens (tertiary/aromatic N) is 1. The van der Waals surface area contributed by atoms with Crippen molar-refractivity contribution in [1.82, 2.24) is 10.2 Å². The molecule has 134 valence electrons. The molecule has 0 spiro atoms. The first kappa shape index (κ1) is 19.5. The average molecular weight is 385 g/mol. The normalized spacial score (nSPS) is 11.9. The van der Waals surface area contributed by atoms with Crippen LogP contribution >= 0.6 is 23.2 Å². The molecule has 2 amide bonds. The van der Waals surface area contributed by atoms with Crippen LogP contribution in [0.4, 0.5) is 9.18 Å². The van der Waals surface area contributed by atoms with Crippen molar-refractivity contribution in [2.24, 2.45) is 0 Å². The summed E-state index contributed by atoms with van der Waals surface area (Å²) in [5.41, 5.74) is 1.37. The molecule has 0 saturated carbocycles. The molecule has 1 unspecified atom stereocenters. The molecule has 0 aliphatic carbocycles. The maximum Gasteiger partial charge on any atom is 0.318 e. The zero-order valence-corrected chi connectivity index (χ0v) is 15.2. The molecule has 0 aromatic heterocycles. The van der Waals surface area contributed by atoms with Crippen molar-refractivity contribution in [2.45, 2.75) is 19.5 Å². The molecule has 0 bridgehead atoms. The molecule has 0 fully saturated rings. The first-order valence-corrected chi connectivity index (χ1v) is 8.52. The van der Waals surface area contributed by atoms with E-state index in [0.29, 0.717) is 12.1 Å². The summed E-state index contributed by atoms with van der Waals surface area (Å²) in [6.07, 6.45) is 0. The zero-order chi connectivity index (χ0) is 18.4. The van der Waals surface area contributed by atoms with E-state index in [-0.39, 0.29) is 29.2 Å². The van der Waals surface area contributed by atoms with E-state index in [1.54, 1.807) is 6.92 Å². The molecule has 1 atom stereocenters. The Labute approximate surface area is 156 Å². The SMILES string of the molecule is CC(NC(=O)N(CCO)Cc1ccccc1)c1cc(F)c(Cl)cc1Cl. The smallest absolute Gasteiger partial charge is 0.318 e. The molecule has 0 aliphatic rings. The topological polar surface area (TPSA) is 52.6 Å². The number of urea groups is 1. The lowest BCUT2D eigenvalue weighted by molar-refractivity contribution is 0.171. The summed E-state index contributed by atoms with van der Waals surface area (Å²) in [4.78, 5) is 14.0. The van der Waals surface area contributed by atoms with Crippen LogP contribution in [0, 0.1) is 5.82 Å². The zero-order valence-electron chi connectivity index (χ0n) is 13.7. The van der Waals surface area contributed by atoms with Crippen molar-refractivity contribution < 1.29 is 14.3 Å². The van der Waals surface area contributed by atoms with Crippen LogP contribution in [0.5, 0.6) is 0 Å². The van der Waals surface area contributed by atoms with E-state index in [2.05, 4.69) is 5.32 Å². The minimum Gasteiger partial charge on any atom is -0.395 e. The number of hydrogen-bond donors (Lipinski definition) is 2. The summed E-state index contributed by atoms with van der Waals surface area (Å²) < 4.78 is 13.7. The number of nitrogens with one attached hydrogen (secondary N) is 1. The van der Waals surface area contributed by atoms with E-state index in [9.17, 15) is 14.3 Å². The summed E-state index contributed by atoms with van der Waals surface area (Å²) in [5.74, 6) is -0.598. The Morgan fingerprint density at radius 2 is 1.92 bits per heavy atom. The number of carbonyl (C=O) groups excluding carboxylic acids is 1. The molecule has 4 nitrogen and oxygen atoms in total. The first-order valence-electron chi connectivity index (χ1n) is 7.77. The van der Waals surface area contributed by atoms with Gasteiger partial charge in [0.25, 0.3) is 0 Å². The molecule has 7 heteroatoms. The van der Waals surface area contributed by atoms with Crippen molar-refractivity contribution in [3.05, 3.63) is 69.5 Å². The van der Waals surface area contributed by atoms with Crippen LogP contribution in [-0.4, -0.2) is 29.2 Å². The molecule has 0 saturated heterocycles. The number of aliphatic hydroxyl groups excluding tert-OH is 1. The van der Waals surface area contributed by atoms with Gasteiger partial charge in [0.05, 0.1) is 17.7 Å². The fourth-order valence-electron chi connectivity index (χ4n) is 2.40. The summed E-state index contributed by atoms with van der Waals surface area (Å²) >= 11 is 11.8. The minimum absolute atomic E-state index is 0.0711. The van der Waals surface area contributed by atoms with Gasteiger partial charge >= 0.3 is 6.03 Å². The third kappa shape index (κ3) is 5.33. The Morgan fingerprint density at radius 3 is 2.56 bits per heavy atom. The van der Waals surface area contributed by atoms with Gasteiger partial charge in [-0.1, -0.05) is 53.5 Å². The van der Waals surface area contributed by atoms with Crippen LogP contribution in [0.2, 0.25) is 10.0 Å². The van der Waals surface area contributed by atoms with Crippen LogP contribution in [0.15, 0.2) is 42.5 Å². The van der Waals surface area contributed by atoms with Crippen LogP contribution < -0.4 is 5.32 Å². The van der Waals surface area contributed by atoms with Crippen molar-refractivity contribution >= 4 is 29.2 Å². The van der Waals surface area contributed by atoms with Gasteiger partial charge in [-0.25, -0.2) is 9.18 Å². The van der Waals surface area contributed by atoms with E-state index in [1.165, 1.54) is 17.0 Å². The molecule has 2 N–H and O–H groups in total. The second kappa shape index (κ2) is 9.04. The molecular weight excluding hydrogens is 366 g/mol. The van der Waals surface area contributed by atoms with Gasteiger partial charge in [0, 0.05) is 18.1 Å². The Kier molecular flexibility index (Phi) is 7.05. The van der Waals surface area contributed by atoms with E-state index >= 15 is 0 Å². The second-order valence-corrected chi connectivity index (χ2v) is 6.40. The number of carbonyl (C=O) groups is 1. The quantitative estimate of drug-likeness (QED) is 0.725. The van der Waals surface area contributed by atoms with Gasteiger partial charge in [0.1, 0.15) is 5.82 Å². The largest absolute Gasteiger partial charge is 0.395 e. The van der Waals surface area contributed by atoms with Gasteiger partial charge in [-0.05, 0) is 30.2 Å². The van der Waals surface area contributed by atoms with E-state index in [1.807, 2.05) is 30.3 Å². The molecule has 2 aromatic rings. The van der Waals surface area contributed by atoms with Gasteiger partial charge in [0.15, 0.2) is 0 Å². The number of amides is 2. The number of aliphatic hydroxyl groups is 1. The van der Waals surface area contributed by atoms with Crippen LogP contribution in [0.3, 0.4) is 0 Å². The summed E-state index contributed by atoms with van der Waals surface area (Å²) in [5, 5.41) is 12.2. The Morgan fingerprint density at radius 1 is 1.24 bits per heavy atom. The van der Waals surface area contributed by atoms with E-state index in [0.717, 1.165) is 5.56 Å². The lowest BCUT2D eigenvalue weighted by Gasteiger charge is -2.25. The van der Waals surface area contributed by atoms with Gasteiger partial charge in [-0.15, -0.1) is 0 Å². The number of hydrogen-bond acceptors (Lipinski definition) is 2. The fraction of sp³-hybridized carbons (Fsp3) is 0.278. The highest BCUT2D eigenvalue weighted by molar-refractivity contribution is 6.35. The Bertz CT molecular complexity index is 729. The van der Waals surface area contributed by atoms with Gasteiger partial charge in [0.2, 0.25) is 0 Å². The lowest BCUT2D eigenvalue weighted by Crippen LogP contribution is -2.42. The highest BCUT2D eigenvalue weighted by atomic mass is 35.5. The molecule has 0 radical (unpaired) electrons. The summed E-state index contributed by atoms with van der Waals surface area (Å²) in [6.45, 7) is 2.07. The van der Waals surface area contributed by atoms with Crippen LogP contribution in [0.25, 0.3) is 0 Å². The standard InChI is InChI=1S/C18H19Cl2FN2O2/c1-12(14-9-17(21)16(20)10-15(14)19)22-18(25)23(7-8-24)11-13-5-3-2-4-6-13/h2-6,9-10,12,24H,7-8,11H2,1H3,(H,22,25). The highest BCUT2D eigenvalue weighted by Crippen LogP contribution is 2.28. The monoisotopic (exact) mass is 384 g/mol. The van der Waals surface area contributed by atoms with Crippen molar-refractivity contribution in [3.63, 3.8) is 0 Å². The maximum absolute atomic E-state index is 13.7. The van der Waals surface area contributed by atoms with Crippen molar-refractivity contribution in [1.29, 1.82) is 0 Å². The highest BCUT2D eigenvalue weighted by Gasteiger charge is 2.19. The lowest BCUT2D eigenvalue weighted by atomic mass is 10.1. The number of rotatable bonds is 6. The molecular formula is C18H19Cl2FN2O2. The van der Waals surface area contributed by atoms with Crippen LogP contribution in [0.1, 0.15) is 24.1 Å². The summed E-state index contributed by atoms with van der Waals surface area (Å²) in [6, 6.07) is 11.1. The number of benzene rings is 2. The fourth-order valence-corrected chi connectivity index (χ4v) is 2.95.